The molecule has 0 amide bonds. The van der Waals surface area contributed by atoms with Crippen molar-refractivity contribution >= 4 is 25.7 Å². The molecule has 0 heterocycles. The highest BCUT2D eigenvalue weighted by molar-refractivity contribution is 7.47. The van der Waals surface area contributed by atoms with Crippen LogP contribution in [0.5, 0.6) is 0 Å². The maximum atomic E-state index is 12.6. The minimum absolute atomic E-state index is 0.157. The predicted octanol–water partition coefficient (Wildman–Crippen LogP) is 12.2. The molecule has 0 radical (unpaired) electrons. The number of allylic oxidation sites excluding steroid dienone is 8. The van der Waals surface area contributed by atoms with E-state index < -0.39 is 51.1 Å². The zero-order valence-corrected chi connectivity index (χ0v) is 37.3. The number of carbonyl (C=O) groups excluding carboxylic acids is 2. The Balaban J connectivity index is 4.36. The normalized spacial score (nSPS) is 14.1. The number of esters is 2. The van der Waals surface area contributed by atoms with E-state index >= 15 is 0 Å². The van der Waals surface area contributed by atoms with Gasteiger partial charge in [-0.3, -0.25) is 23.4 Å². The van der Waals surface area contributed by atoms with Crippen molar-refractivity contribution in [3.8, 4) is 0 Å². The highest BCUT2D eigenvalue weighted by Crippen LogP contribution is 2.43. The molecule has 0 rings (SSSR count). The molecule has 0 aliphatic rings. The summed E-state index contributed by atoms with van der Waals surface area (Å²) < 4.78 is 32.7. The second-order valence-electron chi connectivity index (χ2n) is 15.2. The number of hydrogen-bond acceptors (Lipinski definition) is 9. The Hall–Kier alpha value is -2.56. The first kappa shape index (κ1) is 55.4. The number of hydrogen-bond donors (Lipinski definition) is 3. The first-order valence-corrected chi connectivity index (χ1v) is 24.2. The molecule has 11 nitrogen and oxygen atoms in total. The predicted molar refractivity (Wildman–Crippen MR) is 235 cm³/mol. The molecular formula is C46H82NO10P. The molecule has 0 saturated heterocycles. The summed E-state index contributed by atoms with van der Waals surface area (Å²) in [5.41, 5.74) is 5.34. The Morgan fingerprint density at radius 2 is 0.966 bits per heavy atom. The van der Waals surface area contributed by atoms with E-state index in [1.165, 1.54) is 83.5 Å². The number of rotatable bonds is 42. The minimum Gasteiger partial charge on any atom is -0.480 e. The van der Waals surface area contributed by atoms with Gasteiger partial charge in [0.05, 0.1) is 13.2 Å². The lowest BCUT2D eigenvalue weighted by Gasteiger charge is -2.20. The van der Waals surface area contributed by atoms with Crippen LogP contribution in [-0.4, -0.2) is 59.9 Å². The van der Waals surface area contributed by atoms with Gasteiger partial charge in [-0.2, -0.15) is 0 Å². The first-order chi connectivity index (χ1) is 28.1. The van der Waals surface area contributed by atoms with Crippen LogP contribution < -0.4 is 5.73 Å². The lowest BCUT2D eigenvalue weighted by molar-refractivity contribution is -0.161. The van der Waals surface area contributed by atoms with Crippen LogP contribution >= 0.6 is 7.82 Å². The molecule has 0 aromatic rings. The van der Waals surface area contributed by atoms with Crippen LogP contribution in [0.1, 0.15) is 194 Å². The van der Waals surface area contributed by atoms with Gasteiger partial charge in [-0.1, -0.05) is 178 Å². The van der Waals surface area contributed by atoms with Gasteiger partial charge in [0.2, 0.25) is 0 Å². The van der Waals surface area contributed by atoms with Gasteiger partial charge in [-0.05, 0) is 51.4 Å². The maximum absolute atomic E-state index is 12.6. The molecule has 336 valence electrons. The Kier molecular flexibility index (Phi) is 39.4. The summed E-state index contributed by atoms with van der Waals surface area (Å²) in [4.78, 5) is 46.0. The molecule has 1 unspecified atom stereocenters. The van der Waals surface area contributed by atoms with E-state index in [9.17, 15) is 23.8 Å². The summed E-state index contributed by atoms with van der Waals surface area (Å²) in [5, 5.41) is 8.90. The number of aliphatic carboxylic acids is 1. The summed E-state index contributed by atoms with van der Waals surface area (Å²) in [6.07, 6.45) is 46.0. The fraction of sp³-hybridized carbons (Fsp3) is 0.761. The lowest BCUT2D eigenvalue weighted by Crippen LogP contribution is -2.34. The molecule has 0 fully saturated rings. The number of ether oxygens (including phenoxy) is 2. The molecule has 58 heavy (non-hydrogen) atoms. The number of carboxylic acids is 1. The summed E-state index contributed by atoms with van der Waals surface area (Å²) in [6.45, 7) is 2.68. The standard InChI is InChI=1S/C46H82NO10P/c1-3-5-7-9-11-13-15-17-19-21-23-25-27-29-31-33-35-37-44(48)54-39-42(40-55-58(52,53)56-41-43(47)46(50)51)57-45(49)38-36-34-32-30-28-26-24-22-20-18-16-14-12-10-8-6-4-2/h5,7,11,13,17,19,23,25,42-43H,3-4,6,8-10,12,14-16,18,20-22,24,26-41,47H2,1-2H3,(H,50,51)(H,52,53)/b7-5-,13-11-,19-17-,25-23-/t42-,43+/m1/s1. The second kappa shape index (κ2) is 41.2. The van der Waals surface area contributed by atoms with Crippen LogP contribution in [0.3, 0.4) is 0 Å². The van der Waals surface area contributed by atoms with E-state index in [0.717, 1.165) is 70.6 Å². The van der Waals surface area contributed by atoms with E-state index in [1.807, 2.05) is 0 Å². The SMILES string of the molecule is CC/C=C\C/C=C\C/C=C\C/C=C\CCCCCCC(=O)OC[C@H](COP(=O)(O)OC[C@H](N)C(=O)O)OC(=O)CCCCCCCCCCCCCCCCCCC. The highest BCUT2D eigenvalue weighted by atomic mass is 31.2. The molecule has 0 bridgehead atoms. The van der Waals surface area contributed by atoms with Crippen molar-refractivity contribution in [3.63, 3.8) is 0 Å². The van der Waals surface area contributed by atoms with Crippen molar-refractivity contribution in [1.29, 1.82) is 0 Å². The Labute approximate surface area is 352 Å². The molecule has 0 aromatic heterocycles. The van der Waals surface area contributed by atoms with E-state index in [-0.39, 0.29) is 19.4 Å². The third-order valence-electron chi connectivity index (χ3n) is 9.59. The fourth-order valence-corrected chi connectivity index (χ4v) is 6.83. The number of phosphoric acid groups is 1. The average molecular weight is 840 g/mol. The summed E-state index contributed by atoms with van der Waals surface area (Å²) in [7, 11) is -4.72. The largest absolute Gasteiger partial charge is 0.480 e. The van der Waals surface area contributed by atoms with Crippen LogP contribution in [-0.2, 0) is 37.5 Å². The number of carbonyl (C=O) groups is 3. The van der Waals surface area contributed by atoms with Crippen LogP contribution in [0.2, 0.25) is 0 Å². The third-order valence-corrected chi connectivity index (χ3v) is 10.5. The van der Waals surface area contributed by atoms with E-state index in [0.29, 0.717) is 12.8 Å². The van der Waals surface area contributed by atoms with Gasteiger partial charge in [-0.25, -0.2) is 4.57 Å². The number of nitrogens with two attached hydrogens (primary N) is 1. The number of phosphoric ester groups is 1. The smallest absolute Gasteiger partial charge is 0.472 e. The van der Waals surface area contributed by atoms with Crippen LogP contribution in [0.4, 0.5) is 0 Å². The highest BCUT2D eigenvalue weighted by Gasteiger charge is 2.28. The van der Waals surface area contributed by atoms with Gasteiger partial charge in [0.25, 0.3) is 0 Å². The van der Waals surface area contributed by atoms with E-state index in [4.69, 9.17) is 24.8 Å². The van der Waals surface area contributed by atoms with Crippen molar-refractivity contribution in [3.05, 3.63) is 48.6 Å². The summed E-state index contributed by atoms with van der Waals surface area (Å²) >= 11 is 0. The van der Waals surface area contributed by atoms with Crippen molar-refractivity contribution in [2.45, 2.75) is 206 Å². The minimum atomic E-state index is -4.72. The maximum Gasteiger partial charge on any atom is 0.472 e. The third kappa shape index (κ3) is 40.2. The Morgan fingerprint density at radius 1 is 0.552 bits per heavy atom. The lowest BCUT2D eigenvalue weighted by atomic mass is 10.0. The van der Waals surface area contributed by atoms with Crippen LogP contribution in [0.25, 0.3) is 0 Å². The van der Waals surface area contributed by atoms with Gasteiger partial charge in [0, 0.05) is 12.8 Å². The van der Waals surface area contributed by atoms with E-state index in [2.05, 4.69) is 67.0 Å². The van der Waals surface area contributed by atoms with Crippen molar-refractivity contribution in [2.75, 3.05) is 19.8 Å². The van der Waals surface area contributed by atoms with Crippen LogP contribution in [0.15, 0.2) is 48.6 Å². The van der Waals surface area contributed by atoms with Gasteiger partial charge < -0.3 is 25.2 Å². The summed E-state index contributed by atoms with van der Waals surface area (Å²) in [5.74, 6) is -2.40. The van der Waals surface area contributed by atoms with Crippen molar-refractivity contribution in [1.82, 2.24) is 0 Å². The molecular weight excluding hydrogens is 757 g/mol. The first-order valence-electron chi connectivity index (χ1n) is 22.7. The van der Waals surface area contributed by atoms with Gasteiger partial charge in [-0.15, -0.1) is 0 Å². The molecule has 0 saturated carbocycles. The monoisotopic (exact) mass is 840 g/mol. The molecule has 0 aliphatic carbocycles. The Morgan fingerprint density at radius 3 is 1.45 bits per heavy atom. The van der Waals surface area contributed by atoms with Crippen molar-refractivity contribution < 1.29 is 47.5 Å². The van der Waals surface area contributed by atoms with Gasteiger partial charge in [0.1, 0.15) is 12.6 Å². The molecule has 12 heteroatoms. The van der Waals surface area contributed by atoms with Crippen LogP contribution in [0, 0.1) is 0 Å². The molecule has 3 atom stereocenters. The van der Waals surface area contributed by atoms with Gasteiger partial charge >= 0.3 is 25.7 Å². The van der Waals surface area contributed by atoms with E-state index in [1.54, 1.807) is 0 Å². The zero-order valence-electron chi connectivity index (χ0n) is 36.4. The number of carboxylic acid groups (broad SMARTS) is 1. The average Bonchev–Trinajstić information content (AvgIpc) is 3.20. The molecule has 0 aromatic carbocycles. The quantitative estimate of drug-likeness (QED) is 0.0231. The Bertz CT molecular complexity index is 1170. The molecule has 0 spiro atoms. The number of unbranched alkanes of at least 4 members (excludes halogenated alkanes) is 20. The molecule has 0 aliphatic heterocycles. The zero-order chi connectivity index (χ0) is 42.8. The topological polar surface area (TPSA) is 172 Å². The molecule has 4 N–H and O–H groups in total. The fourth-order valence-electron chi connectivity index (χ4n) is 6.06. The van der Waals surface area contributed by atoms with Crippen molar-refractivity contribution in [2.24, 2.45) is 5.73 Å². The summed E-state index contributed by atoms with van der Waals surface area (Å²) in [6, 6.07) is -1.53. The second-order valence-corrected chi connectivity index (χ2v) is 16.6. The van der Waals surface area contributed by atoms with Gasteiger partial charge in [0.15, 0.2) is 6.10 Å².